The van der Waals surface area contributed by atoms with Gasteiger partial charge in [0.2, 0.25) is 10.0 Å². The minimum absolute atomic E-state index is 0.241. The number of sulfonamides is 1. The highest BCUT2D eigenvalue weighted by Crippen LogP contribution is 2.29. The standard InChI is InChI=1S/C20H16N2O2S3/c23-27(24,19-10-5-11-25-19)21-13-15-6-4-9-17(12-15)20-22-18(14-26-20)16-7-2-1-3-8-16/h1-12,14,21H,13H2. The molecule has 0 saturated carbocycles. The fourth-order valence-electron chi connectivity index (χ4n) is 2.63. The Bertz CT molecular complexity index is 1130. The number of nitrogens with zero attached hydrogens (tertiary/aromatic N) is 1. The zero-order valence-electron chi connectivity index (χ0n) is 14.2. The van der Waals surface area contributed by atoms with Gasteiger partial charge in [0.1, 0.15) is 9.22 Å². The molecule has 0 radical (unpaired) electrons. The van der Waals surface area contributed by atoms with Crippen molar-refractivity contribution in [1.82, 2.24) is 9.71 Å². The van der Waals surface area contributed by atoms with E-state index in [0.717, 1.165) is 27.4 Å². The van der Waals surface area contributed by atoms with E-state index in [-0.39, 0.29) is 6.54 Å². The maximum atomic E-state index is 12.3. The Balaban J connectivity index is 1.52. The number of hydrogen-bond acceptors (Lipinski definition) is 5. The van der Waals surface area contributed by atoms with E-state index in [1.54, 1.807) is 28.8 Å². The van der Waals surface area contributed by atoms with Crippen molar-refractivity contribution < 1.29 is 8.42 Å². The van der Waals surface area contributed by atoms with Gasteiger partial charge in [-0.3, -0.25) is 0 Å². The molecular formula is C20H16N2O2S3. The highest BCUT2D eigenvalue weighted by molar-refractivity contribution is 7.91. The van der Waals surface area contributed by atoms with Gasteiger partial charge in [-0.1, -0.05) is 54.6 Å². The van der Waals surface area contributed by atoms with E-state index in [1.807, 2.05) is 60.0 Å². The predicted molar refractivity (Wildman–Crippen MR) is 111 cm³/mol. The molecule has 136 valence electrons. The number of rotatable bonds is 6. The van der Waals surface area contributed by atoms with Gasteiger partial charge in [0.15, 0.2) is 0 Å². The van der Waals surface area contributed by atoms with E-state index in [9.17, 15) is 8.42 Å². The van der Waals surface area contributed by atoms with Gasteiger partial charge in [-0.25, -0.2) is 18.1 Å². The van der Waals surface area contributed by atoms with Crippen molar-refractivity contribution in [3.63, 3.8) is 0 Å². The largest absolute Gasteiger partial charge is 0.250 e. The number of aromatic nitrogens is 1. The van der Waals surface area contributed by atoms with Crippen molar-refractivity contribution in [3.05, 3.63) is 83.1 Å². The summed E-state index contributed by atoms with van der Waals surface area (Å²) in [5.74, 6) is 0. The van der Waals surface area contributed by atoms with Crippen LogP contribution in [-0.2, 0) is 16.6 Å². The monoisotopic (exact) mass is 412 g/mol. The van der Waals surface area contributed by atoms with Crippen LogP contribution in [0.25, 0.3) is 21.8 Å². The maximum absolute atomic E-state index is 12.3. The van der Waals surface area contributed by atoms with Crippen LogP contribution in [0.4, 0.5) is 0 Å². The van der Waals surface area contributed by atoms with Gasteiger partial charge in [-0.05, 0) is 23.1 Å². The van der Waals surface area contributed by atoms with Crippen LogP contribution < -0.4 is 4.72 Å². The normalized spacial score (nSPS) is 11.6. The van der Waals surface area contributed by atoms with E-state index in [2.05, 4.69) is 4.72 Å². The molecule has 0 fully saturated rings. The minimum atomic E-state index is -3.47. The summed E-state index contributed by atoms with van der Waals surface area (Å²) in [4.78, 5) is 4.72. The predicted octanol–water partition coefficient (Wildman–Crippen LogP) is 5.02. The quantitative estimate of drug-likeness (QED) is 0.484. The molecule has 1 N–H and O–H groups in total. The average Bonchev–Trinajstić information content (AvgIpc) is 3.40. The lowest BCUT2D eigenvalue weighted by Crippen LogP contribution is -2.22. The first kappa shape index (κ1) is 18.1. The Labute approximate surface area is 166 Å². The molecule has 0 aliphatic rings. The van der Waals surface area contributed by atoms with Gasteiger partial charge in [-0.2, -0.15) is 0 Å². The molecule has 0 aliphatic heterocycles. The van der Waals surface area contributed by atoms with Crippen LogP contribution in [0.3, 0.4) is 0 Å². The third kappa shape index (κ3) is 4.17. The van der Waals surface area contributed by atoms with E-state index < -0.39 is 10.0 Å². The van der Waals surface area contributed by atoms with Crippen LogP contribution in [0.1, 0.15) is 5.56 Å². The van der Waals surface area contributed by atoms with E-state index >= 15 is 0 Å². The lowest BCUT2D eigenvalue weighted by molar-refractivity contribution is 0.583. The number of hydrogen-bond donors (Lipinski definition) is 1. The van der Waals surface area contributed by atoms with Crippen molar-refractivity contribution in [1.29, 1.82) is 0 Å². The molecule has 4 aromatic rings. The molecular weight excluding hydrogens is 396 g/mol. The van der Waals surface area contributed by atoms with Crippen molar-refractivity contribution in [3.8, 4) is 21.8 Å². The molecule has 7 heteroatoms. The summed E-state index contributed by atoms with van der Waals surface area (Å²) in [6, 6.07) is 21.2. The number of thiophene rings is 1. The number of benzene rings is 2. The first-order valence-corrected chi connectivity index (χ1v) is 11.5. The minimum Gasteiger partial charge on any atom is -0.236 e. The second kappa shape index (κ2) is 7.74. The lowest BCUT2D eigenvalue weighted by atomic mass is 10.1. The van der Waals surface area contributed by atoms with Gasteiger partial charge >= 0.3 is 0 Å². The van der Waals surface area contributed by atoms with Gasteiger partial charge in [0, 0.05) is 23.1 Å². The summed E-state index contributed by atoms with van der Waals surface area (Å²) in [5.41, 5.74) is 3.90. The van der Waals surface area contributed by atoms with E-state index in [1.165, 1.54) is 11.3 Å². The van der Waals surface area contributed by atoms with Crippen molar-refractivity contribution in [2.24, 2.45) is 0 Å². The molecule has 4 rings (SSSR count). The second-order valence-electron chi connectivity index (χ2n) is 5.86. The fourth-order valence-corrected chi connectivity index (χ4v) is 5.51. The Kier molecular flexibility index (Phi) is 5.18. The maximum Gasteiger partial charge on any atom is 0.250 e. The Morgan fingerprint density at radius 3 is 2.48 bits per heavy atom. The summed E-state index contributed by atoms with van der Waals surface area (Å²) in [7, 11) is -3.47. The van der Waals surface area contributed by atoms with Crippen LogP contribution in [0.5, 0.6) is 0 Å². The van der Waals surface area contributed by atoms with Crippen LogP contribution in [0, 0.1) is 0 Å². The van der Waals surface area contributed by atoms with E-state index in [4.69, 9.17) is 4.98 Å². The first-order chi connectivity index (χ1) is 13.1. The molecule has 2 heterocycles. The summed E-state index contributed by atoms with van der Waals surface area (Å²) >= 11 is 2.79. The molecule has 0 saturated heterocycles. The summed E-state index contributed by atoms with van der Waals surface area (Å²) in [6.07, 6.45) is 0. The molecule has 0 atom stereocenters. The number of thiazole rings is 1. The molecule has 0 bridgehead atoms. The number of nitrogens with one attached hydrogen (secondary N) is 1. The summed E-state index contributed by atoms with van der Waals surface area (Å²) in [6.45, 7) is 0.241. The van der Waals surface area contributed by atoms with Crippen LogP contribution in [-0.4, -0.2) is 13.4 Å². The third-order valence-electron chi connectivity index (χ3n) is 3.97. The van der Waals surface area contributed by atoms with Gasteiger partial charge < -0.3 is 0 Å². The van der Waals surface area contributed by atoms with Crippen molar-refractivity contribution in [2.45, 2.75) is 10.8 Å². The van der Waals surface area contributed by atoms with Crippen LogP contribution in [0.2, 0.25) is 0 Å². The summed E-state index contributed by atoms with van der Waals surface area (Å²) < 4.78 is 27.5. The lowest BCUT2D eigenvalue weighted by Gasteiger charge is -2.06. The zero-order valence-corrected chi connectivity index (χ0v) is 16.7. The molecule has 0 aliphatic carbocycles. The average molecular weight is 413 g/mol. The Morgan fingerprint density at radius 1 is 0.889 bits per heavy atom. The highest BCUT2D eigenvalue weighted by Gasteiger charge is 2.15. The SMILES string of the molecule is O=S(=O)(NCc1cccc(-c2nc(-c3ccccc3)cs2)c1)c1cccs1. The highest BCUT2D eigenvalue weighted by atomic mass is 32.2. The van der Waals surface area contributed by atoms with Crippen molar-refractivity contribution >= 4 is 32.7 Å². The molecule has 0 spiro atoms. The molecule has 27 heavy (non-hydrogen) atoms. The smallest absolute Gasteiger partial charge is 0.236 e. The van der Waals surface area contributed by atoms with Crippen LogP contribution in [0.15, 0.2) is 81.7 Å². The molecule has 2 aromatic carbocycles. The molecule has 0 unspecified atom stereocenters. The topological polar surface area (TPSA) is 59.1 Å². The first-order valence-electron chi connectivity index (χ1n) is 8.25. The molecule has 2 aromatic heterocycles. The van der Waals surface area contributed by atoms with Gasteiger partial charge in [-0.15, -0.1) is 22.7 Å². The Morgan fingerprint density at radius 2 is 1.70 bits per heavy atom. The Hall–Kier alpha value is -2.32. The molecule has 0 amide bonds. The fraction of sp³-hybridized carbons (Fsp3) is 0.0500. The van der Waals surface area contributed by atoms with E-state index in [0.29, 0.717) is 4.21 Å². The second-order valence-corrected chi connectivity index (χ2v) is 9.66. The third-order valence-corrected chi connectivity index (χ3v) is 7.66. The van der Waals surface area contributed by atoms with Gasteiger partial charge in [0.05, 0.1) is 5.69 Å². The van der Waals surface area contributed by atoms with Crippen molar-refractivity contribution in [2.75, 3.05) is 0 Å². The summed E-state index contributed by atoms with van der Waals surface area (Å²) in [5, 5.41) is 4.70. The zero-order chi connectivity index (χ0) is 18.7. The molecule has 4 nitrogen and oxygen atoms in total. The van der Waals surface area contributed by atoms with Crippen LogP contribution >= 0.6 is 22.7 Å². The van der Waals surface area contributed by atoms with Gasteiger partial charge in [0.25, 0.3) is 0 Å².